The van der Waals surface area contributed by atoms with Gasteiger partial charge in [-0.2, -0.15) is 0 Å². The van der Waals surface area contributed by atoms with Crippen LogP contribution in [0.4, 0.5) is 0 Å². The monoisotopic (exact) mass is 269 g/mol. The molecule has 3 heteroatoms. The zero-order valence-corrected chi connectivity index (χ0v) is 12.7. The highest BCUT2D eigenvalue weighted by atomic mass is 16.5. The van der Waals surface area contributed by atoms with E-state index < -0.39 is 0 Å². The Morgan fingerprint density at radius 2 is 1.74 bits per heavy atom. The molecule has 2 saturated carbocycles. The number of aliphatic hydroxyl groups is 1. The third-order valence-corrected chi connectivity index (χ3v) is 5.07. The summed E-state index contributed by atoms with van der Waals surface area (Å²) in [5, 5.41) is 10.0. The number of ether oxygens (including phenoxy) is 1. The fraction of sp³-hybridized carbons (Fsp3) is 1.00. The summed E-state index contributed by atoms with van der Waals surface area (Å²) in [7, 11) is 2.13. The van der Waals surface area contributed by atoms with E-state index in [1.54, 1.807) is 0 Å². The van der Waals surface area contributed by atoms with E-state index >= 15 is 0 Å². The molecule has 2 aliphatic rings. The lowest BCUT2D eigenvalue weighted by Gasteiger charge is -2.36. The third-order valence-electron chi connectivity index (χ3n) is 5.07. The van der Waals surface area contributed by atoms with Gasteiger partial charge in [0.2, 0.25) is 0 Å². The molecule has 112 valence electrons. The molecule has 0 spiro atoms. The lowest BCUT2D eigenvalue weighted by Crippen LogP contribution is -2.45. The molecule has 0 heterocycles. The van der Waals surface area contributed by atoms with Crippen LogP contribution in [0.25, 0.3) is 0 Å². The molecule has 0 radical (unpaired) electrons. The molecule has 0 saturated heterocycles. The first-order valence-corrected chi connectivity index (χ1v) is 8.18. The fourth-order valence-electron chi connectivity index (χ4n) is 3.65. The summed E-state index contributed by atoms with van der Waals surface area (Å²) in [4.78, 5) is 2.30. The number of nitrogens with zero attached hydrogens (tertiary/aromatic N) is 1. The second kappa shape index (κ2) is 7.61. The molecule has 2 fully saturated rings. The molecule has 0 aromatic rings. The van der Waals surface area contributed by atoms with E-state index in [-0.39, 0.29) is 6.10 Å². The van der Waals surface area contributed by atoms with Crippen molar-refractivity contribution in [1.82, 2.24) is 4.90 Å². The van der Waals surface area contributed by atoms with Gasteiger partial charge in [0.1, 0.15) is 0 Å². The molecule has 2 unspecified atom stereocenters. The maximum atomic E-state index is 10.0. The third kappa shape index (κ3) is 4.44. The molecule has 4 atom stereocenters. The lowest BCUT2D eigenvalue weighted by atomic mass is 9.88. The van der Waals surface area contributed by atoms with Gasteiger partial charge in [-0.1, -0.05) is 32.6 Å². The van der Waals surface area contributed by atoms with Crippen LogP contribution in [-0.2, 0) is 4.74 Å². The average Bonchev–Trinajstić information content (AvgIpc) is 2.41. The minimum Gasteiger partial charge on any atom is -0.391 e. The summed E-state index contributed by atoms with van der Waals surface area (Å²) < 4.78 is 6.07. The van der Waals surface area contributed by atoms with E-state index in [4.69, 9.17) is 4.74 Å². The van der Waals surface area contributed by atoms with Gasteiger partial charge in [0.25, 0.3) is 0 Å². The number of likely N-dealkylation sites (N-methyl/N-ethyl adjacent to an activating group) is 1. The summed E-state index contributed by atoms with van der Waals surface area (Å²) in [6, 6.07) is 0.348. The molecule has 0 aromatic carbocycles. The minimum atomic E-state index is -0.132. The molecule has 1 N–H and O–H groups in total. The summed E-state index contributed by atoms with van der Waals surface area (Å²) in [6.45, 7) is 4.08. The van der Waals surface area contributed by atoms with Crippen molar-refractivity contribution in [3.8, 4) is 0 Å². The van der Waals surface area contributed by atoms with Crippen LogP contribution >= 0.6 is 0 Å². The Balaban J connectivity index is 1.66. The first kappa shape index (κ1) is 15.3. The van der Waals surface area contributed by atoms with Gasteiger partial charge >= 0.3 is 0 Å². The summed E-state index contributed by atoms with van der Waals surface area (Å²) in [6.07, 6.45) is 10.1. The molecule has 0 aromatic heterocycles. The summed E-state index contributed by atoms with van der Waals surface area (Å²) >= 11 is 0. The van der Waals surface area contributed by atoms with Crippen molar-refractivity contribution in [3.63, 3.8) is 0 Å². The van der Waals surface area contributed by atoms with Crippen molar-refractivity contribution in [2.75, 3.05) is 20.2 Å². The van der Waals surface area contributed by atoms with Crippen molar-refractivity contribution in [2.45, 2.75) is 76.5 Å². The molecule has 3 nitrogen and oxygen atoms in total. The predicted molar refractivity (Wildman–Crippen MR) is 78.3 cm³/mol. The summed E-state index contributed by atoms with van der Waals surface area (Å²) in [5.74, 6) is 0.722. The predicted octanol–water partition coefficient (Wildman–Crippen LogP) is 2.82. The molecule has 0 aliphatic heterocycles. The van der Waals surface area contributed by atoms with Gasteiger partial charge in [0.15, 0.2) is 0 Å². The van der Waals surface area contributed by atoms with Crippen molar-refractivity contribution in [1.29, 1.82) is 0 Å². The average molecular weight is 269 g/mol. The van der Waals surface area contributed by atoms with Crippen molar-refractivity contribution < 1.29 is 9.84 Å². The maximum absolute atomic E-state index is 10.0. The Labute approximate surface area is 118 Å². The zero-order valence-electron chi connectivity index (χ0n) is 12.7. The molecule has 19 heavy (non-hydrogen) atoms. The van der Waals surface area contributed by atoms with E-state index in [1.165, 1.54) is 38.5 Å². The van der Waals surface area contributed by atoms with Gasteiger partial charge in [0, 0.05) is 12.6 Å². The Kier molecular flexibility index (Phi) is 6.11. The highest BCUT2D eigenvalue weighted by Crippen LogP contribution is 2.26. The van der Waals surface area contributed by atoms with Crippen LogP contribution < -0.4 is 0 Å². The van der Waals surface area contributed by atoms with Crippen LogP contribution in [-0.4, -0.2) is 48.5 Å². The van der Waals surface area contributed by atoms with Crippen molar-refractivity contribution in [2.24, 2.45) is 5.92 Å². The van der Waals surface area contributed by atoms with Gasteiger partial charge in [0.05, 0.1) is 18.8 Å². The number of hydrogen-bond acceptors (Lipinski definition) is 3. The molecule has 2 rings (SSSR count). The lowest BCUT2D eigenvalue weighted by molar-refractivity contribution is -0.0282. The van der Waals surface area contributed by atoms with Gasteiger partial charge in [-0.3, -0.25) is 4.90 Å². The van der Waals surface area contributed by atoms with Crippen LogP contribution in [0.5, 0.6) is 0 Å². The number of aliphatic hydroxyl groups excluding tert-OH is 1. The second-order valence-corrected chi connectivity index (χ2v) is 6.57. The summed E-state index contributed by atoms with van der Waals surface area (Å²) in [5.41, 5.74) is 0. The van der Waals surface area contributed by atoms with Crippen LogP contribution in [0.2, 0.25) is 0 Å². The number of rotatable bonds is 5. The molecule has 0 amide bonds. The molecule has 0 bridgehead atoms. The van der Waals surface area contributed by atoms with Crippen molar-refractivity contribution in [3.05, 3.63) is 0 Å². The van der Waals surface area contributed by atoms with E-state index in [2.05, 4.69) is 18.9 Å². The second-order valence-electron chi connectivity index (χ2n) is 6.57. The zero-order chi connectivity index (χ0) is 13.7. The standard InChI is InChI=1S/C16H31NO2/c1-13-7-3-6-10-16(13)19-12-11-17(2)14-8-4-5-9-15(14)18/h13-16,18H,3-12H2,1-2H3/t13?,14-,15-,16?/m1/s1. The normalized spacial score (nSPS) is 36.6. The Morgan fingerprint density at radius 3 is 2.47 bits per heavy atom. The van der Waals surface area contributed by atoms with Gasteiger partial charge in [-0.05, 0) is 38.6 Å². The van der Waals surface area contributed by atoms with Gasteiger partial charge < -0.3 is 9.84 Å². The largest absolute Gasteiger partial charge is 0.391 e. The molecular formula is C16H31NO2. The minimum absolute atomic E-state index is 0.132. The van der Waals surface area contributed by atoms with Gasteiger partial charge in [-0.15, -0.1) is 0 Å². The smallest absolute Gasteiger partial charge is 0.0695 e. The van der Waals surface area contributed by atoms with Crippen LogP contribution in [0, 0.1) is 5.92 Å². The van der Waals surface area contributed by atoms with E-state index in [1.807, 2.05) is 0 Å². The highest BCUT2D eigenvalue weighted by Gasteiger charge is 2.27. The molecular weight excluding hydrogens is 238 g/mol. The van der Waals surface area contributed by atoms with Crippen LogP contribution in [0.3, 0.4) is 0 Å². The fourth-order valence-corrected chi connectivity index (χ4v) is 3.65. The Morgan fingerprint density at radius 1 is 1.05 bits per heavy atom. The first-order chi connectivity index (χ1) is 9.18. The Hall–Kier alpha value is -0.120. The quantitative estimate of drug-likeness (QED) is 0.833. The Bertz CT molecular complexity index is 259. The van der Waals surface area contributed by atoms with E-state index in [0.29, 0.717) is 12.1 Å². The van der Waals surface area contributed by atoms with Gasteiger partial charge in [-0.25, -0.2) is 0 Å². The van der Waals surface area contributed by atoms with Crippen LogP contribution in [0.1, 0.15) is 58.3 Å². The SMILES string of the molecule is CC1CCCCC1OCCN(C)[C@@H]1CCCC[C@H]1O. The van der Waals surface area contributed by atoms with Crippen LogP contribution in [0.15, 0.2) is 0 Å². The first-order valence-electron chi connectivity index (χ1n) is 8.18. The van der Waals surface area contributed by atoms with E-state index in [9.17, 15) is 5.11 Å². The number of hydrogen-bond donors (Lipinski definition) is 1. The molecule has 2 aliphatic carbocycles. The van der Waals surface area contributed by atoms with Crippen molar-refractivity contribution >= 4 is 0 Å². The topological polar surface area (TPSA) is 32.7 Å². The maximum Gasteiger partial charge on any atom is 0.0695 e. The van der Waals surface area contributed by atoms with E-state index in [0.717, 1.165) is 31.9 Å². The highest BCUT2D eigenvalue weighted by molar-refractivity contribution is 4.81.